The lowest BCUT2D eigenvalue weighted by molar-refractivity contribution is 0.616. The molecule has 27 heavy (non-hydrogen) atoms. The number of anilines is 1. The fraction of sp³-hybridized carbons (Fsp3) is 0.368. The molecule has 0 aliphatic rings. The lowest BCUT2D eigenvalue weighted by atomic mass is 10.2. The van der Waals surface area contributed by atoms with E-state index in [-0.39, 0.29) is 0 Å². The molecule has 2 heterocycles. The first-order valence-electron chi connectivity index (χ1n) is 8.86. The molecule has 1 unspecified atom stereocenters. The van der Waals surface area contributed by atoms with E-state index in [0.717, 1.165) is 48.2 Å². The minimum absolute atomic E-state index is 0.452. The Morgan fingerprint density at radius 1 is 1.26 bits per heavy atom. The van der Waals surface area contributed by atoms with Crippen molar-refractivity contribution in [2.24, 2.45) is 0 Å². The van der Waals surface area contributed by atoms with Crippen LogP contribution in [0.3, 0.4) is 0 Å². The number of nitrogens with zero attached hydrogens (tertiary/aromatic N) is 3. The Morgan fingerprint density at radius 3 is 2.74 bits per heavy atom. The second kappa shape index (κ2) is 8.59. The SMILES string of the molecule is CCc1nc2c(N)ncc(C)c2n1CCCCS(=O)c1ccc(Cl)cc1Cl. The van der Waals surface area contributed by atoms with Crippen molar-refractivity contribution in [1.29, 1.82) is 0 Å². The standard InChI is InChI=1S/C19H22Cl2N4OS/c1-3-16-24-17-18(12(2)11-23-19(17)22)25(16)8-4-5-9-27(26)15-7-6-13(20)10-14(15)21/h6-7,10-11H,3-5,8-9H2,1-2H3,(H2,22,23). The average Bonchev–Trinajstić information content (AvgIpc) is 3.01. The topological polar surface area (TPSA) is 73.8 Å². The first kappa shape index (κ1) is 20.1. The van der Waals surface area contributed by atoms with Gasteiger partial charge in [0, 0.05) is 29.9 Å². The van der Waals surface area contributed by atoms with Crippen LogP contribution >= 0.6 is 23.2 Å². The Kier molecular flexibility index (Phi) is 6.40. The molecule has 1 atom stereocenters. The fourth-order valence-electron chi connectivity index (χ4n) is 3.15. The predicted molar refractivity (Wildman–Crippen MR) is 113 cm³/mol. The van der Waals surface area contributed by atoms with Crippen LogP contribution in [0.15, 0.2) is 29.3 Å². The lowest BCUT2D eigenvalue weighted by Crippen LogP contribution is -2.06. The molecule has 3 rings (SSSR count). The molecular formula is C19H22Cl2N4OS. The molecule has 2 aromatic heterocycles. The third-order valence-corrected chi connectivity index (χ3v) is 6.64. The van der Waals surface area contributed by atoms with Crippen molar-refractivity contribution in [3.8, 4) is 0 Å². The molecule has 0 spiro atoms. The summed E-state index contributed by atoms with van der Waals surface area (Å²) in [6, 6.07) is 5.08. The van der Waals surface area contributed by atoms with E-state index < -0.39 is 10.8 Å². The highest BCUT2D eigenvalue weighted by Gasteiger charge is 2.15. The van der Waals surface area contributed by atoms with E-state index in [2.05, 4.69) is 21.5 Å². The lowest BCUT2D eigenvalue weighted by Gasteiger charge is -2.10. The number of nitrogen functional groups attached to an aromatic ring is 1. The third kappa shape index (κ3) is 4.28. The van der Waals surface area contributed by atoms with Crippen molar-refractivity contribution >= 4 is 50.9 Å². The molecule has 0 saturated carbocycles. The van der Waals surface area contributed by atoms with E-state index in [1.54, 1.807) is 24.4 Å². The number of aromatic nitrogens is 3. The minimum atomic E-state index is -1.14. The smallest absolute Gasteiger partial charge is 0.151 e. The van der Waals surface area contributed by atoms with Crippen LogP contribution in [-0.2, 0) is 23.8 Å². The van der Waals surface area contributed by atoms with Gasteiger partial charge < -0.3 is 10.3 Å². The van der Waals surface area contributed by atoms with Gasteiger partial charge in [0.15, 0.2) is 5.82 Å². The maximum Gasteiger partial charge on any atom is 0.151 e. The fourth-order valence-corrected chi connectivity index (χ4v) is 5.00. The molecule has 0 aliphatic carbocycles. The number of nitrogens with two attached hydrogens (primary N) is 1. The van der Waals surface area contributed by atoms with Crippen LogP contribution in [0, 0.1) is 6.92 Å². The molecule has 5 nitrogen and oxygen atoms in total. The van der Waals surface area contributed by atoms with Gasteiger partial charge in [0.1, 0.15) is 11.3 Å². The number of pyridine rings is 1. The van der Waals surface area contributed by atoms with Gasteiger partial charge in [-0.25, -0.2) is 9.97 Å². The van der Waals surface area contributed by atoms with Gasteiger partial charge in [-0.05, 0) is 43.5 Å². The van der Waals surface area contributed by atoms with Crippen LogP contribution in [0.2, 0.25) is 10.0 Å². The number of aryl methyl sites for hydroxylation is 3. The van der Waals surface area contributed by atoms with Crippen molar-refractivity contribution in [1.82, 2.24) is 14.5 Å². The summed E-state index contributed by atoms with van der Waals surface area (Å²) in [6.07, 6.45) is 4.30. The molecule has 144 valence electrons. The van der Waals surface area contributed by atoms with Crippen LogP contribution in [-0.4, -0.2) is 24.5 Å². The first-order chi connectivity index (χ1) is 12.9. The summed E-state index contributed by atoms with van der Waals surface area (Å²) in [5.74, 6) is 2.01. The molecule has 3 aromatic rings. The zero-order valence-electron chi connectivity index (χ0n) is 15.3. The van der Waals surface area contributed by atoms with Crippen molar-refractivity contribution in [2.75, 3.05) is 11.5 Å². The maximum absolute atomic E-state index is 12.5. The van der Waals surface area contributed by atoms with Crippen LogP contribution in [0.1, 0.15) is 31.2 Å². The average molecular weight is 425 g/mol. The Morgan fingerprint density at radius 2 is 2.04 bits per heavy atom. The zero-order valence-corrected chi connectivity index (χ0v) is 17.7. The zero-order chi connectivity index (χ0) is 19.6. The summed E-state index contributed by atoms with van der Waals surface area (Å²) in [5, 5.41) is 0.997. The van der Waals surface area contributed by atoms with Crippen LogP contribution in [0.5, 0.6) is 0 Å². The highest BCUT2D eigenvalue weighted by Crippen LogP contribution is 2.26. The van der Waals surface area contributed by atoms with Gasteiger partial charge in [-0.3, -0.25) is 4.21 Å². The third-order valence-electron chi connectivity index (χ3n) is 4.48. The van der Waals surface area contributed by atoms with Crippen molar-refractivity contribution in [3.63, 3.8) is 0 Å². The van der Waals surface area contributed by atoms with E-state index in [4.69, 9.17) is 28.9 Å². The molecule has 0 amide bonds. The highest BCUT2D eigenvalue weighted by atomic mass is 35.5. The summed E-state index contributed by atoms with van der Waals surface area (Å²) >= 11 is 12.0. The molecule has 0 saturated heterocycles. The number of unbranched alkanes of at least 4 members (excludes halogenated alkanes) is 1. The number of halogens is 2. The van der Waals surface area contributed by atoms with E-state index in [1.807, 2.05) is 6.92 Å². The van der Waals surface area contributed by atoms with Crippen molar-refractivity contribution in [3.05, 3.63) is 45.8 Å². The van der Waals surface area contributed by atoms with Crippen molar-refractivity contribution in [2.45, 2.75) is 44.6 Å². The molecule has 1 aromatic carbocycles. The number of rotatable bonds is 7. The molecule has 0 radical (unpaired) electrons. The summed E-state index contributed by atoms with van der Waals surface area (Å²) < 4.78 is 14.7. The largest absolute Gasteiger partial charge is 0.382 e. The van der Waals surface area contributed by atoms with E-state index in [9.17, 15) is 4.21 Å². The Balaban J connectivity index is 1.69. The molecule has 0 fully saturated rings. The summed E-state index contributed by atoms with van der Waals surface area (Å²) in [6.45, 7) is 4.90. The number of hydrogen-bond acceptors (Lipinski definition) is 4. The second-order valence-corrected chi connectivity index (χ2v) is 8.77. The normalized spacial score (nSPS) is 12.6. The molecule has 0 bridgehead atoms. The minimum Gasteiger partial charge on any atom is -0.382 e. The van der Waals surface area contributed by atoms with Crippen LogP contribution in [0.25, 0.3) is 11.0 Å². The van der Waals surface area contributed by atoms with Crippen LogP contribution < -0.4 is 5.73 Å². The Hall–Kier alpha value is -1.63. The molecule has 8 heteroatoms. The number of benzene rings is 1. The van der Waals surface area contributed by atoms with E-state index in [1.165, 1.54) is 0 Å². The van der Waals surface area contributed by atoms with Crippen molar-refractivity contribution < 1.29 is 4.21 Å². The predicted octanol–water partition coefficient (Wildman–Crippen LogP) is 4.78. The molecular weight excluding hydrogens is 403 g/mol. The second-order valence-electron chi connectivity index (χ2n) is 6.39. The number of imidazole rings is 1. The van der Waals surface area contributed by atoms with Gasteiger partial charge in [0.2, 0.25) is 0 Å². The summed E-state index contributed by atoms with van der Waals surface area (Å²) in [7, 11) is -1.14. The molecule has 2 N–H and O–H groups in total. The quantitative estimate of drug-likeness (QED) is 0.553. The van der Waals surface area contributed by atoms with Gasteiger partial charge in [0.25, 0.3) is 0 Å². The van der Waals surface area contributed by atoms with Gasteiger partial charge in [-0.1, -0.05) is 30.1 Å². The highest BCUT2D eigenvalue weighted by molar-refractivity contribution is 7.85. The maximum atomic E-state index is 12.5. The molecule has 0 aliphatic heterocycles. The number of hydrogen-bond donors (Lipinski definition) is 1. The van der Waals surface area contributed by atoms with E-state index in [0.29, 0.717) is 26.5 Å². The van der Waals surface area contributed by atoms with Gasteiger partial charge in [-0.15, -0.1) is 0 Å². The van der Waals surface area contributed by atoms with Gasteiger partial charge in [-0.2, -0.15) is 0 Å². The summed E-state index contributed by atoms with van der Waals surface area (Å²) in [4.78, 5) is 9.50. The summed E-state index contributed by atoms with van der Waals surface area (Å²) in [5.41, 5.74) is 8.86. The number of fused-ring (bicyclic) bond motifs is 1. The van der Waals surface area contributed by atoms with Gasteiger partial charge >= 0.3 is 0 Å². The Bertz CT molecular complexity index is 1000. The Labute approximate surface area is 171 Å². The monoisotopic (exact) mass is 424 g/mol. The van der Waals surface area contributed by atoms with E-state index >= 15 is 0 Å². The van der Waals surface area contributed by atoms with Gasteiger partial charge in [0.05, 0.1) is 26.2 Å². The first-order valence-corrected chi connectivity index (χ1v) is 10.9. The van der Waals surface area contributed by atoms with Crippen LogP contribution in [0.4, 0.5) is 5.82 Å².